The van der Waals surface area contributed by atoms with Crippen molar-refractivity contribution in [2.24, 2.45) is 0 Å². The van der Waals surface area contributed by atoms with Crippen LogP contribution in [0.5, 0.6) is 5.75 Å². The maximum Gasteiger partial charge on any atom is 0.268 e. The van der Waals surface area contributed by atoms with E-state index in [9.17, 15) is 13.2 Å². The van der Waals surface area contributed by atoms with Gasteiger partial charge < -0.3 is 4.74 Å². The summed E-state index contributed by atoms with van der Waals surface area (Å²) in [4.78, 5) is 12.6. The minimum Gasteiger partial charge on any atom is -0.487 e. The normalized spacial score (nSPS) is 11.1. The van der Waals surface area contributed by atoms with E-state index in [4.69, 9.17) is 16.3 Å². The molecule has 3 rings (SSSR count). The van der Waals surface area contributed by atoms with Crippen molar-refractivity contribution < 1.29 is 17.9 Å². The number of nitrogens with one attached hydrogen (secondary N) is 1. The molecule has 0 saturated heterocycles. The van der Waals surface area contributed by atoms with E-state index in [0.717, 1.165) is 5.56 Å². The van der Waals surface area contributed by atoms with Crippen LogP contribution >= 0.6 is 27.5 Å². The van der Waals surface area contributed by atoms with Gasteiger partial charge in [0, 0.05) is 5.02 Å². The molecule has 0 fully saturated rings. The maximum absolute atomic E-state index is 12.7. The zero-order valence-corrected chi connectivity index (χ0v) is 17.6. The number of para-hydroxylation sites is 1. The van der Waals surface area contributed by atoms with Crippen LogP contribution in [0.4, 0.5) is 0 Å². The fraction of sp³-hybridized carbons (Fsp3) is 0.0500. The van der Waals surface area contributed by atoms with E-state index < -0.39 is 15.9 Å². The monoisotopic (exact) mass is 479 g/mol. The van der Waals surface area contributed by atoms with E-state index in [2.05, 4.69) is 20.7 Å². The van der Waals surface area contributed by atoms with Gasteiger partial charge in [0.05, 0.1) is 14.9 Å². The van der Waals surface area contributed by atoms with Crippen molar-refractivity contribution in [3.63, 3.8) is 0 Å². The molecule has 8 heteroatoms. The van der Waals surface area contributed by atoms with Gasteiger partial charge in [-0.25, -0.2) is 13.1 Å². The summed E-state index contributed by atoms with van der Waals surface area (Å²) in [5.41, 5.74) is 1.02. The summed E-state index contributed by atoms with van der Waals surface area (Å²) >= 11 is 9.14. The topological polar surface area (TPSA) is 72.5 Å². The van der Waals surface area contributed by atoms with Crippen LogP contribution in [-0.4, -0.2) is 14.3 Å². The molecule has 0 spiro atoms. The third kappa shape index (κ3) is 4.92. The summed E-state index contributed by atoms with van der Waals surface area (Å²) in [6.45, 7) is 0.230. The molecule has 0 radical (unpaired) electrons. The first-order chi connectivity index (χ1) is 13.4. The fourth-order valence-electron chi connectivity index (χ4n) is 2.41. The van der Waals surface area contributed by atoms with Crippen LogP contribution in [-0.2, 0) is 16.6 Å². The number of hydrogen-bond acceptors (Lipinski definition) is 4. The molecule has 5 nitrogen and oxygen atoms in total. The molecule has 144 valence electrons. The second kappa shape index (κ2) is 8.77. The number of ether oxygens (including phenoxy) is 1. The molecule has 1 amide bonds. The molecule has 0 atom stereocenters. The molecule has 0 aliphatic heterocycles. The minimum atomic E-state index is -4.05. The number of rotatable bonds is 6. The van der Waals surface area contributed by atoms with Crippen LogP contribution in [0.1, 0.15) is 15.9 Å². The van der Waals surface area contributed by atoms with Crippen LogP contribution in [0.25, 0.3) is 0 Å². The molecule has 0 unspecified atom stereocenters. The average Bonchev–Trinajstić information content (AvgIpc) is 2.67. The van der Waals surface area contributed by atoms with E-state index in [1.54, 1.807) is 12.1 Å². The molecule has 0 heterocycles. The quantitative estimate of drug-likeness (QED) is 0.550. The van der Waals surface area contributed by atoms with Crippen molar-refractivity contribution in [1.29, 1.82) is 0 Å². The number of halogens is 2. The van der Waals surface area contributed by atoms with Gasteiger partial charge in [-0.15, -0.1) is 0 Å². The molecule has 0 aliphatic rings. The Morgan fingerprint density at radius 1 is 0.964 bits per heavy atom. The van der Waals surface area contributed by atoms with Gasteiger partial charge in [0.1, 0.15) is 12.4 Å². The van der Waals surface area contributed by atoms with Crippen LogP contribution < -0.4 is 9.46 Å². The zero-order valence-electron chi connectivity index (χ0n) is 14.4. The van der Waals surface area contributed by atoms with Crippen LogP contribution in [0.15, 0.2) is 82.2 Å². The molecule has 0 saturated carbocycles. The highest BCUT2D eigenvalue weighted by atomic mass is 79.9. The smallest absolute Gasteiger partial charge is 0.268 e. The molecule has 28 heavy (non-hydrogen) atoms. The third-order valence-electron chi connectivity index (χ3n) is 3.79. The number of carbonyl (C=O) groups is 1. The first-order valence-corrected chi connectivity index (χ1v) is 10.8. The first kappa shape index (κ1) is 20.4. The average molecular weight is 481 g/mol. The van der Waals surface area contributed by atoms with Crippen LogP contribution in [0, 0.1) is 0 Å². The van der Waals surface area contributed by atoms with Gasteiger partial charge in [-0.05, 0) is 57.9 Å². The van der Waals surface area contributed by atoms with Crippen molar-refractivity contribution in [2.45, 2.75) is 11.5 Å². The Morgan fingerprint density at radius 3 is 2.32 bits per heavy atom. The lowest BCUT2D eigenvalue weighted by Crippen LogP contribution is -2.31. The Morgan fingerprint density at radius 2 is 1.64 bits per heavy atom. The standard InChI is InChI=1S/C20H15BrClNO4S/c21-18-8-4-7-17(19(18)27-13-14-5-2-1-3-6-14)20(24)23-28(25,26)16-11-9-15(22)10-12-16/h1-12H,13H2,(H,23,24). The SMILES string of the molecule is O=C(NS(=O)(=O)c1ccc(Cl)cc1)c1cccc(Br)c1OCc1ccccc1. The van der Waals surface area contributed by atoms with Crippen molar-refractivity contribution in [1.82, 2.24) is 4.72 Å². The predicted octanol–water partition coefficient (Wildman–Crippen LogP) is 4.80. The molecule has 3 aromatic rings. The highest BCUT2D eigenvalue weighted by Crippen LogP contribution is 2.30. The highest BCUT2D eigenvalue weighted by molar-refractivity contribution is 9.10. The summed E-state index contributed by atoms with van der Waals surface area (Å²) in [6.07, 6.45) is 0. The molecular formula is C20H15BrClNO4S. The number of carbonyl (C=O) groups excluding carboxylic acids is 1. The largest absolute Gasteiger partial charge is 0.487 e. The molecular weight excluding hydrogens is 466 g/mol. The Hall–Kier alpha value is -2.35. The first-order valence-electron chi connectivity index (χ1n) is 8.15. The van der Waals surface area contributed by atoms with Gasteiger partial charge in [-0.2, -0.15) is 0 Å². The Labute approximate surface area is 176 Å². The summed E-state index contributed by atoms with van der Waals surface area (Å²) in [7, 11) is -4.05. The molecule has 0 aromatic heterocycles. The van der Waals surface area contributed by atoms with E-state index in [1.807, 2.05) is 30.3 Å². The fourth-order valence-corrected chi connectivity index (χ4v) is 3.99. The Balaban J connectivity index is 1.83. The zero-order chi connectivity index (χ0) is 20.1. The number of hydrogen-bond donors (Lipinski definition) is 1. The van der Waals surface area contributed by atoms with E-state index in [1.165, 1.54) is 30.3 Å². The van der Waals surface area contributed by atoms with E-state index in [-0.39, 0.29) is 22.8 Å². The number of sulfonamides is 1. The van der Waals surface area contributed by atoms with Gasteiger partial charge in [0.2, 0.25) is 0 Å². The van der Waals surface area contributed by atoms with Crippen molar-refractivity contribution in [3.8, 4) is 5.75 Å². The van der Waals surface area contributed by atoms with Gasteiger partial charge in [0.15, 0.2) is 0 Å². The Bertz CT molecular complexity index is 1090. The van der Waals surface area contributed by atoms with Gasteiger partial charge in [0.25, 0.3) is 15.9 Å². The summed E-state index contributed by atoms with van der Waals surface area (Å²) in [5, 5.41) is 0.397. The molecule has 1 N–H and O–H groups in total. The Kier molecular flexibility index (Phi) is 6.39. The molecule has 0 bridgehead atoms. The van der Waals surface area contributed by atoms with Crippen molar-refractivity contribution in [3.05, 3.63) is 93.4 Å². The van der Waals surface area contributed by atoms with Crippen molar-refractivity contribution >= 4 is 43.5 Å². The van der Waals surface area contributed by atoms with Gasteiger partial charge in [-0.3, -0.25) is 4.79 Å². The van der Waals surface area contributed by atoms with Crippen LogP contribution in [0.3, 0.4) is 0 Å². The van der Waals surface area contributed by atoms with Gasteiger partial charge >= 0.3 is 0 Å². The molecule has 0 aliphatic carbocycles. The van der Waals surface area contributed by atoms with Gasteiger partial charge in [-0.1, -0.05) is 48.0 Å². The van der Waals surface area contributed by atoms with Crippen molar-refractivity contribution in [2.75, 3.05) is 0 Å². The third-order valence-corrected chi connectivity index (χ3v) is 6.01. The minimum absolute atomic E-state index is 0.0630. The highest BCUT2D eigenvalue weighted by Gasteiger charge is 2.22. The second-order valence-corrected chi connectivity index (χ2v) is 8.75. The van der Waals surface area contributed by atoms with E-state index >= 15 is 0 Å². The second-order valence-electron chi connectivity index (χ2n) is 5.78. The van der Waals surface area contributed by atoms with Crippen LogP contribution in [0.2, 0.25) is 5.02 Å². The number of amides is 1. The predicted molar refractivity (Wildman–Crippen MR) is 111 cm³/mol. The molecule has 3 aromatic carbocycles. The lowest BCUT2D eigenvalue weighted by Gasteiger charge is -2.14. The summed E-state index contributed by atoms with van der Waals surface area (Å²) in [5.74, 6) is -0.533. The van der Waals surface area contributed by atoms with E-state index in [0.29, 0.717) is 9.50 Å². The lowest BCUT2D eigenvalue weighted by atomic mass is 10.2. The number of benzene rings is 3. The summed E-state index contributed by atoms with van der Waals surface area (Å²) in [6, 6.07) is 19.8. The lowest BCUT2D eigenvalue weighted by molar-refractivity contribution is 0.0977. The summed E-state index contributed by atoms with van der Waals surface area (Å²) < 4.78 is 33.3. The maximum atomic E-state index is 12.7.